The van der Waals surface area contributed by atoms with Gasteiger partial charge in [0.25, 0.3) is 0 Å². The lowest BCUT2D eigenvalue weighted by atomic mass is 10.0. The van der Waals surface area contributed by atoms with Crippen LogP contribution < -0.4 is 14.8 Å². The smallest absolute Gasteiger partial charge is 0.234 e. The van der Waals surface area contributed by atoms with E-state index in [1.54, 1.807) is 7.11 Å². The molecule has 176 valence electrons. The second-order valence-electron chi connectivity index (χ2n) is 8.32. The predicted octanol–water partition coefficient (Wildman–Crippen LogP) is 5.86. The second-order valence-corrected chi connectivity index (χ2v) is 9.26. The fraction of sp³-hybridized carbons (Fsp3) is 0.400. The van der Waals surface area contributed by atoms with Crippen LogP contribution in [0.4, 0.5) is 5.69 Å². The Hall–Kier alpha value is -3.00. The summed E-state index contributed by atoms with van der Waals surface area (Å²) in [6.07, 6.45) is -0.290. The third-order valence-electron chi connectivity index (χ3n) is 5.12. The van der Waals surface area contributed by atoms with Crippen LogP contribution in [0.15, 0.2) is 53.7 Å². The van der Waals surface area contributed by atoms with Crippen molar-refractivity contribution in [1.29, 1.82) is 0 Å². The molecule has 0 aliphatic rings. The Labute approximate surface area is 199 Å². The van der Waals surface area contributed by atoms with Crippen LogP contribution in [0.3, 0.4) is 0 Å². The first-order valence-electron chi connectivity index (χ1n) is 11.1. The molecule has 0 bridgehead atoms. The molecule has 0 fully saturated rings. The highest BCUT2D eigenvalue weighted by Crippen LogP contribution is 2.32. The number of nitrogens with zero attached hydrogens (tertiary/aromatic N) is 3. The summed E-state index contributed by atoms with van der Waals surface area (Å²) in [4.78, 5) is 12.5. The van der Waals surface area contributed by atoms with Gasteiger partial charge in [0.2, 0.25) is 5.91 Å². The third-order valence-corrected chi connectivity index (χ3v) is 6.06. The van der Waals surface area contributed by atoms with Gasteiger partial charge < -0.3 is 19.4 Å². The van der Waals surface area contributed by atoms with E-state index in [-0.39, 0.29) is 23.8 Å². The minimum atomic E-state index is -0.290. The Morgan fingerprint density at radius 1 is 1.03 bits per heavy atom. The summed E-state index contributed by atoms with van der Waals surface area (Å²) in [7, 11) is 1.61. The molecule has 3 aromatic rings. The molecule has 1 atom stereocenters. The molecule has 2 aromatic carbocycles. The number of carbonyl (C=O) groups excluding carboxylic acids is 1. The highest BCUT2D eigenvalue weighted by Gasteiger charge is 2.23. The standard InChI is InChI=1S/C25H32N4O3S/c1-16(2)21-9-7-8-10-22(21)32-18(5)24-27-28-25(29(24)17(3)4)33-15-23(30)26-19-11-13-20(31-6)14-12-19/h7-14,16-18H,15H2,1-6H3,(H,26,30). The van der Waals surface area contributed by atoms with Gasteiger partial charge in [-0.3, -0.25) is 4.79 Å². The van der Waals surface area contributed by atoms with Gasteiger partial charge in [0.05, 0.1) is 12.9 Å². The second kappa shape index (κ2) is 11.2. The van der Waals surface area contributed by atoms with E-state index in [0.717, 1.165) is 28.6 Å². The predicted molar refractivity (Wildman–Crippen MR) is 132 cm³/mol. The van der Waals surface area contributed by atoms with Crippen LogP contribution >= 0.6 is 11.8 Å². The molecule has 3 rings (SSSR count). The van der Waals surface area contributed by atoms with Crippen molar-refractivity contribution in [2.24, 2.45) is 0 Å². The van der Waals surface area contributed by atoms with Gasteiger partial charge in [-0.25, -0.2) is 0 Å². The first kappa shape index (κ1) is 24.6. The van der Waals surface area contributed by atoms with Crippen molar-refractivity contribution in [3.05, 3.63) is 59.9 Å². The minimum Gasteiger partial charge on any atom is -0.497 e. The first-order chi connectivity index (χ1) is 15.8. The summed E-state index contributed by atoms with van der Waals surface area (Å²) in [5.41, 5.74) is 1.88. The summed E-state index contributed by atoms with van der Waals surface area (Å²) in [5.74, 6) is 2.80. The number of nitrogens with one attached hydrogen (secondary N) is 1. The average Bonchev–Trinajstić information content (AvgIpc) is 3.23. The maximum Gasteiger partial charge on any atom is 0.234 e. The molecule has 1 heterocycles. The van der Waals surface area contributed by atoms with E-state index in [2.05, 4.69) is 49.3 Å². The number of hydrogen-bond donors (Lipinski definition) is 1. The van der Waals surface area contributed by atoms with E-state index in [1.165, 1.54) is 11.8 Å². The maximum atomic E-state index is 12.5. The molecule has 0 saturated heterocycles. The number of hydrogen-bond acceptors (Lipinski definition) is 6. The molecule has 0 saturated carbocycles. The van der Waals surface area contributed by atoms with Crippen LogP contribution in [0.1, 0.15) is 64.1 Å². The first-order valence-corrected chi connectivity index (χ1v) is 12.1. The fourth-order valence-corrected chi connectivity index (χ4v) is 4.33. The van der Waals surface area contributed by atoms with E-state index in [4.69, 9.17) is 9.47 Å². The lowest BCUT2D eigenvalue weighted by Crippen LogP contribution is -2.17. The zero-order valence-electron chi connectivity index (χ0n) is 20.0. The lowest BCUT2D eigenvalue weighted by molar-refractivity contribution is -0.113. The van der Waals surface area contributed by atoms with Gasteiger partial charge in [-0.1, -0.05) is 43.8 Å². The molecule has 1 unspecified atom stereocenters. The van der Waals surface area contributed by atoms with E-state index in [1.807, 2.05) is 54.0 Å². The number of para-hydroxylation sites is 1. The van der Waals surface area contributed by atoms with Gasteiger partial charge in [-0.15, -0.1) is 10.2 Å². The molecule has 0 aliphatic carbocycles. The number of rotatable bonds is 10. The zero-order valence-corrected chi connectivity index (χ0v) is 20.8. The Balaban J connectivity index is 1.69. The molecule has 1 N–H and O–H groups in total. The fourth-order valence-electron chi connectivity index (χ4n) is 3.46. The number of amides is 1. The van der Waals surface area contributed by atoms with E-state index >= 15 is 0 Å². The van der Waals surface area contributed by atoms with Gasteiger partial charge in [-0.2, -0.15) is 0 Å². The maximum absolute atomic E-state index is 12.5. The van der Waals surface area contributed by atoms with Gasteiger partial charge in [0.15, 0.2) is 17.1 Å². The van der Waals surface area contributed by atoms with Crippen LogP contribution in [-0.4, -0.2) is 33.5 Å². The quantitative estimate of drug-likeness (QED) is 0.375. The molecule has 1 amide bonds. The van der Waals surface area contributed by atoms with Crippen molar-refractivity contribution in [3.8, 4) is 11.5 Å². The number of anilines is 1. The molecular weight excluding hydrogens is 436 g/mol. The number of methoxy groups -OCH3 is 1. The Bertz CT molecular complexity index is 1060. The summed E-state index contributed by atoms with van der Waals surface area (Å²) in [6, 6.07) is 15.4. The van der Waals surface area contributed by atoms with Crippen LogP contribution in [0.5, 0.6) is 11.5 Å². The van der Waals surface area contributed by atoms with E-state index in [9.17, 15) is 4.79 Å². The van der Waals surface area contributed by atoms with Crippen molar-refractivity contribution >= 4 is 23.4 Å². The van der Waals surface area contributed by atoms with Crippen molar-refractivity contribution in [2.45, 2.75) is 57.8 Å². The average molecular weight is 469 g/mol. The highest BCUT2D eigenvalue weighted by atomic mass is 32.2. The molecule has 0 radical (unpaired) electrons. The number of ether oxygens (including phenoxy) is 2. The highest BCUT2D eigenvalue weighted by molar-refractivity contribution is 7.99. The molecule has 0 spiro atoms. The molecular formula is C25H32N4O3S. The minimum absolute atomic E-state index is 0.111. The topological polar surface area (TPSA) is 78.3 Å². The van der Waals surface area contributed by atoms with Gasteiger partial charge in [-0.05, 0) is 62.6 Å². The molecule has 33 heavy (non-hydrogen) atoms. The molecule has 1 aromatic heterocycles. The summed E-state index contributed by atoms with van der Waals surface area (Å²) >= 11 is 1.36. The third kappa shape index (κ3) is 6.28. The van der Waals surface area contributed by atoms with Crippen molar-refractivity contribution in [1.82, 2.24) is 14.8 Å². The molecule has 7 nitrogen and oxygen atoms in total. The van der Waals surface area contributed by atoms with Crippen molar-refractivity contribution in [2.75, 3.05) is 18.2 Å². The van der Waals surface area contributed by atoms with E-state index < -0.39 is 0 Å². The summed E-state index contributed by atoms with van der Waals surface area (Å²) in [5, 5.41) is 12.4. The van der Waals surface area contributed by atoms with Gasteiger partial charge in [0, 0.05) is 11.7 Å². The summed E-state index contributed by atoms with van der Waals surface area (Å²) in [6.45, 7) is 10.4. The Morgan fingerprint density at radius 3 is 2.36 bits per heavy atom. The largest absolute Gasteiger partial charge is 0.497 e. The van der Waals surface area contributed by atoms with E-state index in [0.29, 0.717) is 11.1 Å². The zero-order chi connectivity index (χ0) is 24.0. The Kier molecular flexibility index (Phi) is 8.38. The number of benzene rings is 2. The van der Waals surface area contributed by atoms with Crippen LogP contribution in [-0.2, 0) is 4.79 Å². The van der Waals surface area contributed by atoms with Gasteiger partial charge >= 0.3 is 0 Å². The van der Waals surface area contributed by atoms with Crippen molar-refractivity contribution in [3.63, 3.8) is 0 Å². The number of carbonyl (C=O) groups is 1. The van der Waals surface area contributed by atoms with Crippen molar-refractivity contribution < 1.29 is 14.3 Å². The van der Waals surface area contributed by atoms with Crippen LogP contribution in [0.25, 0.3) is 0 Å². The SMILES string of the molecule is COc1ccc(NC(=O)CSc2nnc(C(C)Oc3ccccc3C(C)C)n2C(C)C)cc1. The van der Waals surface area contributed by atoms with Crippen LogP contribution in [0.2, 0.25) is 0 Å². The van der Waals surface area contributed by atoms with Crippen LogP contribution in [0, 0.1) is 0 Å². The number of aromatic nitrogens is 3. The molecule has 8 heteroatoms. The monoisotopic (exact) mass is 468 g/mol. The number of thioether (sulfide) groups is 1. The van der Waals surface area contributed by atoms with Gasteiger partial charge in [0.1, 0.15) is 11.5 Å². The lowest BCUT2D eigenvalue weighted by Gasteiger charge is -2.21. The molecule has 0 aliphatic heterocycles. The Morgan fingerprint density at radius 2 is 1.73 bits per heavy atom. The summed E-state index contributed by atoms with van der Waals surface area (Å²) < 4.78 is 13.5. The normalized spacial score (nSPS) is 12.1.